The van der Waals surface area contributed by atoms with Crippen molar-refractivity contribution in [2.45, 2.75) is 26.2 Å². The molecule has 19 heavy (non-hydrogen) atoms. The minimum absolute atomic E-state index is 0. The molecule has 2 N–H and O–H groups in total. The number of nitrogens with two attached hydrogens (primary N) is 1. The van der Waals surface area contributed by atoms with Crippen LogP contribution in [-0.2, 0) is 5.41 Å². The number of rotatable bonds is 4. The first-order valence-electron chi connectivity index (χ1n) is 5.82. The summed E-state index contributed by atoms with van der Waals surface area (Å²) in [7, 11) is 0. The Hall–Kier alpha value is -0.770. The standard InChI is InChI=1S/C14H19ClFNO.ClH/c1-14(2,3)10-4-5-13(12(15)8-10)18-9-11(16)6-7-17;/h4-6,8H,7,9,17H2,1-3H3;1H/b11-6+;. The number of halogens is 3. The first kappa shape index (κ1) is 18.2. The normalized spacial score (nSPS) is 12.0. The third kappa shape index (κ3) is 5.81. The van der Waals surface area contributed by atoms with Crippen LogP contribution in [0.5, 0.6) is 5.75 Å². The van der Waals surface area contributed by atoms with Crippen molar-refractivity contribution in [3.8, 4) is 5.75 Å². The molecule has 0 bridgehead atoms. The summed E-state index contributed by atoms with van der Waals surface area (Å²) >= 11 is 6.10. The van der Waals surface area contributed by atoms with Gasteiger partial charge in [0.1, 0.15) is 18.2 Å². The molecule has 0 saturated carbocycles. The van der Waals surface area contributed by atoms with E-state index >= 15 is 0 Å². The monoisotopic (exact) mass is 307 g/mol. The molecule has 1 rings (SSSR count). The molecule has 108 valence electrons. The molecular weight excluding hydrogens is 288 g/mol. The topological polar surface area (TPSA) is 35.2 Å². The Balaban J connectivity index is 0.00000324. The van der Waals surface area contributed by atoms with Crippen molar-refractivity contribution in [1.82, 2.24) is 0 Å². The molecule has 0 aliphatic carbocycles. The Morgan fingerprint density at radius 2 is 2.05 bits per heavy atom. The maximum atomic E-state index is 13.1. The van der Waals surface area contributed by atoms with E-state index in [1.165, 1.54) is 6.08 Å². The van der Waals surface area contributed by atoms with Gasteiger partial charge in [-0.05, 0) is 29.2 Å². The van der Waals surface area contributed by atoms with E-state index < -0.39 is 5.83 Å². The van der Waals surface area contributed by atoms with Gasteiger partial charge in [-0.25, -0.2) is 4.39 Å². The Labute approximate surface area is 125 Å². The van der Waals surface area contributed by atoms with Crippen LogP contribution in [0.1, 0.15) is 26.3 Å². The smallest absolute Gasteiger partial charge is 0.139 e. The Kier molecular flexibility index (Phi) is 7.42. The SMILES string of the molecule is CC(C)(C)c1ccc(OC/C(F)=C\CN)c(Cl)c1.Cl. The Bertz CT molecular complexity index is 442. The highest BCUT2D eigenvalue weighted by molar-refractivity contribution is 6.32. The maximum Gasteiger partial charge on any atom is 0.139 e. The highest BCUT2D eigenvalue weighted by Gasteiger charge is 2.15. The zero-order chi connectivity index (χ0) is 13.8. The van der Waals surface area contributed by atoms with E-state index in [-0.39, 0.29) is 31.0 Å². The van der Waals surface area contributed by atoms with Crippen molar-refractivity contribution >= 4 is 24.0 Å². The lowest BCUT2D eigenvalue weighted by Crippen LogP contribution is -2.11. The molecule has 0 aromatic heterocycles. The van der Waals surface area contributed by atoms with Crippen molar-refractivity contribution in [2.24, 2.45) is 5.73 Å². The van der Waals surface area contributed by atoms with Gasteiger partial charge in [0, 0.05) is 6.54 Å². The van der Waals surface area contributed by atoms with Crippen molar-refractivity contribution < 1.29 is 9.13 Å². The lowest BCUT2D eigenvalue weighted by molar-refractivity contribution is 0.318. The van der Waals surface area contributed by atoms with Crippen LogP contribution < -0.4 is 10.5 Å². The molecule has 0 radical (unpaired) electrons. The largest absolute Gasteiger partial charge is 0.485 e. The van der Waals surface area contributed by atoms with Crippen LogP contribution in [0.2, 0.25) is 5.02 Å². The lowest BCUT2D eigenvalue weighted by Gasteiger charge is -2.20. The highest BCUT2D eigenvalue weighted by Crippen LogP contribution is 2.31. The molecule has 0 saturated heterocycles. The van der Waals surface area contributed by atoms with Gasteiger partial charge in [-0.15, -0.1) is 12.4 Å². The molecule has 0 aliphatic rings. The van der Waals surface area contributed by atoms with Crippen molar-refractivity contribution in [3.63, 3.8) is 0 Å². The molecule has 0 aliphatic heterocycles. The van der Waals surface area contributed by atoms with E-state index in [0.29, 0.717) is 10.8 Å². The molecule has 1 aromatic rings. The molecular formula is C14H20Cl2FNO. The summed E-state index contributed by atoms with van der Waals surface area (Å²) in [6.07, 6.45) is 1.28. The number of hydrogen-bond donors (Lipinski definition) is 1. The first-order valence-corrected chi connectivity index (χ1v) is 6.20. The predicted octanol–water partition coefficient (Wildman–Crippen LogP) is 4.25. The van der Waals surface area contributed by atoms with E-state index in [1.807, 2.05) is 12.1 Å². The van der Waals surface area contributed by atoms with Gasteiger partial charge >= 0.3 is 0 Å². The van der Waals surface area contributed by atoms with Gasteiger partial charge in [0.15, 0.2) is 0 Å². The van der Waals surface area contributed by atoms with Crippen LogP contribution in [-0.4, -0.2) is 13.2 Å². The van der Waals surface area contributed by atoms with Gasteiger partial charge in [-0.1, -0.05) is 38.4 Å². The molecule has 0 atom stereocenters. The number of ether oxygens (including phenoxy) is 1. The van der Waals surface area contributed by atoms with E-state index in [4.69, 9.17) is 22.1 Å². The fourth-order valence-corrected chi connectivity index (χ4v) is 1.65. The second kappa shape index (κ2) is 7.73. The average Bonchev–Trinajstić information content (AvgIpc) is 2.26. The number of hydrogen-bond acceptors (Lipinski definition) is 2. The third-order valence-corrected chi connectivity index (χ3v) is 2.80. The zero-order valence-electron chi connectivity index (χ0n) is 11.4. The maximum absolute atomic E-state index is 13.1. The van der Waals surface area contributed by atoms with E-state index in [0.717, 1.165) is 5.56 Å². The van der Waals surface area contributed by atoms with Crippen LogP contribution in [0, 0.1) is 0 Å². The average molecular weight is 308 g/mol. The summed E-state index contributed by atoms with van der Waals surface area (Å²) in [5.74, 6) is 0.0821. The molecule has 1 aromatic carbocycles. The Morgan fingerprint density at radius 1 is 1.42 bits per heavy atom. The van der Waals surface area contributed by atoms with Crippen LogP contribution in [0.25, 0.3) is 0 Å². The van der Waals surface area contributed by atoms with Gasteiger partial charge < -0.3 is 10.5 Å². The summed E-state index contributed by atoms with van der Waals surface area (Å²) in [5.41, 5.74) is 6.33. The van der Waals surface area contributed by atoms with Gasteiger partial charge in [0.2, 0.25) is 0 Å². The van der Waals surface area contributed by atoms with E-state index in [9.17, 15) is 4.39 Å². The van der Waals surface area contributed by atoms with E-state index in [1.54, 1.807) is 6.07 Å². The van der Waals surface area contributed by atoms with Crippen LogP contribution in [0.15, 0.2) is 30.1 Å². The zero-order valence-corrected chi connectivity index (χ0v) is 12.9. The summed E-state index contributed by atoms with van der Waals surface area (Å²) in [5, 5.41) is 0.489. The van der Waals surface area contributed by atoms with Gasteiger partial charge in [-0.3, -0.25) is 0 Å². The van der Waals surface area contributed by atoms with Gasteiger partial charge in [0.05, 0.1) is 5.02 Å². The number of benzene rings is 1. The molecule has 0 heterocycles. The van der Waals surface area contributed by atoms with Crippen molar-refractivity contribution in [1.29, 1.82) is 0 Å². The third-order valence-electron chi connectivity index (χ3n) is 2.50. The molecule has 0 amide bonds. The fourth-order valence-electron chi connectivity index (χ4n) is 1.42. The van der Waals surface area contributed by atoms with Gasteiger partial charge in [0.25, 0.3) is 0 Å². The predicted molar refractivity (Wildman–Crippen MR) is 81.1 cm³/mol. The minimum Gasteiger partial charge on any atom is -0.485 e. The molecule has 0 spiro atoms. The Morgan fingerprint density at radius 3 is 2.53 bits per heavy atom. The highest BCUT2D eigenvalue weighted by atomic mass is 35.5. The van der Waals surface area contributed by atoms with Crippen molar-refractivity contribution in [3.05, 3.63) is 40.7 Å². The summed E-state index contributed by atoms with van der Waals surface area (Å²) in [6.45, 7) is 6.31. The second-order valence-corrected chi connectivity index (χ2v) is 5.48. The van der Waals surface area contributed by atoms with E-state index in [2.05, 4.69) is 20.8 Å². The summed E-state index contributed by atoms with van der Waals surface area (Å²) in [4.78, 5) is 0. The molecule has 0 fully saturated rings. The lowest BCUT2D eigenvalue weighted by atomic mass is 9.87. The minimum atomic E-state index is -0.395. The molecule has 0 unspecified atom stereocenters. The second-order valence-electron chi connectivity index (χ2n) is 5.07. The van der Waals surface area contributed by atoms with Crippen LogP contribution in [0.3, 0.4) is 0 Å². The van der Waals surface area contributed by atoms with Crippen LogP contribution >= 0.6 is 24.0 Å². The molecule has 5 heteroatoms. The van der Waals surface area contributed by atoms with Gasteiger partial charge in [-0.2, -0.15) is 0 Å². The quantitative estimate of drug-likeness (QED) is 0.902. The fraction of sp³-hybridized carbons (Fsp3) is 0.429. The summed E-state index contributed by atoms with van der Waals surface area (Å²) in [6, 6.07) is 5.55. The summed E-state index contributed by atoms with van der Waals surface area (Å²) < 4.78 is 18.4. The first-order chi connectivity index (χ1) is 8.34. The molecule has 2 nitrogen and oxygen atoms in total. The van der Waals surface area contributed by atoms with Crippen LogP contribution in [0.4, 0.5) is 4.39 Å². The van der Waals surface area contributed by atoms with Crippen molar-refractivity contribution in [2.75, 3.05) is 13.2 Å².